The Morgan fingerprint density at radius 2 is 2.00 bits per heavy atom. The summed E-state index contributed by atoms with van der Waals surface area (Å²) in [5, 5.41) is 9.70. The van der Waals surface area contributed by atoms with Crippen molar-refractivity contribution in [2.75, 3.05) is 13.1 Å². The predicted octanol–water partition coefficient (Wildman–Crippen LogP) is 2.83. The third-order valence-corrected chi connectivity index (χ3v) is 4.28. The van der Waals surface area contributed by atoms with Crippen LogP contribution in [0.1, 0.15) is 18.7 Å². The van der Waals surface area contributed by atoms with Crippen LogP contribution in [0, 0.1) is 5.92 Å². The summed E-state index contributed by atoms with van der Waals surface area (Å²) in [4.78, 5) is 9.01. The zero-order chi connectivity index (χ0) is 14.8. The normalized spacial score (nSPS) is 16.2. The Labute approximate surface area is 128 Å². The SMILES string of the molecule is c1ccc2c(-c3noc(CC4CCNCC4)n3)nccc2c1. The highest BCUT2D eigenvalue weighted by Crippen LogP contribution is 2.25. The number of rotatable bonds is 3. The van der Waals surface area contributed by atoms with E-state index in [2.05, 4.69) is 26.5 Å². The molecule has 22 heavy (non-hydrogen) atoms. The molecule has 0 bridgehead atoms. The lowest BCUT2D eigenvalue weighted by atomic mass is 9.95. The van der Waals surface area contributed by atoms with E-state index in [-0.39, 0.29) is 0 Å². The minimum atomic E-state index is 0.584. The van der Waals surface area contributed by atoms with Crippen LogP contribution in [0.4, 0.5) is 0 Å². The standard InChI is InChI=1S/C17H18N4O/c1-2-4-14-13(3-1)7-10-19-16(14)17-20-15(22-21-17)11-12-5-8-18-9-6-12/h1-4,7,10,12,18H,5-6,8-9,11H2. The van der Waals surface area contributed by atoms with Crippen molar-refractivity contribution < 1.29 is 4.52 Å². The number of benzene rings is 1. The molecule has 0 aliphatic carbocycles. The zero-order valence-corrected chi connectivity index (χ0v) is 12.3. The van der Waals surface area contributed by atoms with Crippen molar-refractivity contribution in [2.45, 2.75) is 19.3 Å². The second kappa shape index (κ2) is 5.85. The number of fused-ring (bicyclic) bond motifs is 1. The van der Waals surface area contributed by atoms with Gasteiger partial charge in [-0.25, -0.2) is 0 Å². The number of nitrogens with one attached hydrogen (secondary N) is 1. The molecule has 0 saturated carbocycles. The minimum absolute atomic E-state index is 0.584. The molecule has 3 aromatic rings. The van der Waals surface area contributed by atoms with Crippen molar-refractivity contribution >= 4 is 10.8 Å². The van der Waals surface area contributed by atoms with Gasteiger partial charge in [0.05, 0.1) is 0 Å². The number of pyridine rings is 1. The Morgan fingerprint density at radius 3 is 2.91 bits per heavy atom. The first-order valence-corrected chi connectivity index (χ1v) is 7.77. The van der Waals surface area contributed by atoms with Gasteiger partial charge in [0.15, 0.2) is 0 Å². The Morgan fingerprint density at radius 1 is 1.14 bits per heavy atom. The average Bonchev–Trinajstić information content (AvgIpc) is 3.03. The summed E-state index contributed by atoms with van der Waals surface area (Å²) in [6, 6.07) is 10.1. The smallest absolute Gasteiger partial charge is 0.227 e. The summed E-state index contributed by atoms with van der Waals surface area (Å²) in [7, 11) is 0. The Balaban J connectivity index is 1.62. The monoisotopic (exact) mass is 294 g/mol. The number of nitrogens with zero attached hydrogens (tertiary/aromatic N) is 3. The molecule has 1 aliphatic heterocycles. The topological polar surface area (TPSA) is 63.8 Å². The van der Waals surface area contributed by atoms with Crippen LogP contribution in [-0.4, -0.2) is 28.2 Å². The van der Waals surface area contributed by atoms with Gasteiger partial charge in [0.2, 0.25) is 11.7 Å². The van der Waals surface area contributed by atoms with E-state index in [1.807, 2.05) is 24.3 Å². The fraction of sp³-hybridized carbons (Fsp3) is 0.353. The molecule has 0 radical (unpaired) electrons. The Kier molecular flexibility index (Phi) is 3.56. The molecule has 1 N–H and O–H groups in total. The van der Waals surface area contributed by atoms with E-state index >= 15 is 0 Å². The minimum Gasteiger partial charge on any atom is -0.339 e. The maximum Gasteiger partial charge on any atom is 0.227 e. The molecule has 112 valence electrons. The third-order valence-electron chi connectivity index (χ3n) is 4.28. The quantitative estimate of drug-likeness (QED) is 0.804. The summed E-state index contributed by atoms with van der Waals surface area (Å²) >= 11 is 0. The molecule has 5 heteroatoms. The van der Waals surface area contributed by atoms with Crippen LogP contribution in [-0.2, 0) is 6.42 Å². The number of piperidine rings is 1. The van der Waals surface area contributed by atoms with Crippen LogP contribution in [0.2, 0.25) is 0 Å². The van der Waals surface area contributed by atoms with Crippen molar-refractivity contribution in [3.05, 3.63) is 42.4 Å². The molecular formula is C17H18N4O. The highest BCUT2D eigenvalue weighted by molar-refractivity contribution is 5.92. The van der Waals surface area contributed by atoms with Crippen LogP contribution in [0.3, 0.4) is 0 Å². The van der Waals surface area contributed by atoms with Gasteiger partial charge in [0.25, 0.3) is 0 Å². The molecule has 3 heterocycles. The third kappa shape index (κ3) is 2.60. The lowest BCUT2D eigenvalue weighted by Crippen LogP contribution is -2.28. The van der Waals surface area contributed by atoms with Crippen LogP contribution in [0.5, 0.6) is 0 Å². The first kappa shape index (κ1) is 13.4. The fourth-order valence-electron chi connectivity index (χ4n) is 3.06. The van der Waals surface area contributed by atoms with E-state index in [1.165, 1.54) is 12.8 Å². The molecule has 2 aromatic heterocycles. The Bertz CT molecular complexity index is 772. The maximum atomic E-state index is 5.45. The molecule has 1 aliphatic rings. The first-order valence-electron chi connectivity index (χ1n) is 7.77. The molecule has 1 saturated heterocycles. The molecule has 1 aromatic carbocycles. The first-order chi connectivity index (χ1) is 10.9. The predicted molar refractivity (Wildman–Crippen MR) is 84.3 cm³/mol. The van der Waals surface area contributed by atoms with E-state index in [1.54, 1.807) is 6.20 Å². The lowest BCUT2D eigenvalue weighted by molar-refractivity contribution is 0.313. The van der Waals surface area contributed by atoms with Gasteiger partial charge in [-0.2, -0.15) is 4.98 Å². The summed E-state index contributed by atoms with van der Waals surface area (Å²) in [5.41, 5.74) is 0.790. The van der Waals surface area contributed by atoms with Gasteiger partial charge in [0, 0.05) is 18.0 Å². The fourth-order valence-corrected chi connectivity index (χ4v) is 3.06. The molecule has 1 fully saturated rings. The lowest BCUT2D eigenvalue weighted by Gasteiger charge is -2.20. The van der Waals surface area contributed by atoms with E-state index in [9.17, 15) is 0 Å². The summed E-state index contributed by atoms with van der Waals surface area (Å²) in [5.74, 6) is 1.94. The van der Waals surface area contributed by atoms with Gasteiger partial charge < -0.3 is 9.84 Å². The van der Waals surface area contributed by atoms with E-state index in [0.717, 1.165) is 41.9 Å². The maximum absolute atomic E-state index is 5.45. The molecule has 0 unspecified atom stereocenters. The van der Waals surface area contributed by atoms with Gasteiger partial charge in [-0.05, 0) is 43.3 Å². The second-order valence-electron chi connectivity index (χ2n) is 5.79. The molecule has 0 spiro atoms. The number of aromatic nitrogens is 3. The van der Waals surface area contributed by atoms with Crippen molar-refractivity contribution in [1.82, 2.24) is 20.4 Å². The summed E-state index contributed by atoms with van der Waals surface area (Å²) in [6.07, 6.45) is 4.99. The van der Waals surface area contributed by atoms with E-state index in [0.29, 0.717) is 11.7 Å². The van der Waals surface area contributed by atoms with Crippen molar-refractivity contribution in [1.29, 1.82) is 0 Å². The second-order valence-corrected chi connectivity index (χ2v) is 5.79. The van der Waals surface area contributed by atoms with E-state index in [4.69, 9.17) is 4.52 Å². The average molecular weight is 294 g/mol. The molecule has 0 atom stereocenters. The highest BCUT2D eigenvalue weighted by Gasteiger charge is 2.18. The molecule has 5 nitrogen and oxygen atoms in total. The van der Waals surface area contributed by atoms with E-state index < -0.39 is 0 Å². The van der Waals surface area contributed by atoms with Gasteiger partial charge in [-0.3, -0.25) is 4.98 Å². The van der Waals surface area contributed by atoms with Crippen molar-refractivity contribution in [3.8, 4) is 11.5 Å². The Hall–Kier alpha value is -2.27. The van der Waals surface area contributed by atoms with Crippen molar-refractivity contribution in [3.63, 3.8) is 0 Å². The van der Waals surface area contributed by atoms with Crippen LogP contribution in [0.25, 0.3) is 22.3 Å². The molecule has 0 amide bonds. The molecular weight excluding hydrogens is 276 g/mol. The largest absolute Gasteiger partial charge is 0.339 e. The van der Waals surface area contributed by atoms with Crippen LogP contribution >= 0.6 is 0 Å². The van der Waals surface area contributed by atoms with Gasteiger partial charge in [0.1, 0.15) is 5.69 Å². The van der Waals surface area contributed by atoms with Crippen molar-refractivity contribution in [2.24, 2.45) is 5.92 Å². The van der Waals surface area contributed by atoms with Gasteiger partial charge in [-0.15, -0.1) is 0 Å². The highest BCUT2D eigenvalue weighted by atomic mass is 16.5. The van der Waals surface area contributed by atoms with Gasteiger partial charge in [-0.1, -0.05) is 29.4 Å². The summed E-state index contributed by atoms with van der Waals surface area (Å²) < 4.78 is 5.45. The van der Waals surface area contributed by atoms with Crippen LogP contribution in [0.15, 0.2) is 41.1 Å². The van der Waals surface area contributed by atoms with Gasteiger partial charge >= 0.3 is 0 Å². The summed E-state index contributed by atoms with van der Waals surface area (Å²) in [6.45, 7) is 2.16. The number of hydrogen-bond donors (Lipinski definition) is 1. The zero-order valence-electron chi connectivity index (χ0n) is 12.3. The molecule has 4 rings (SSSR count). The number of hydrogen-bond acceptors (Lipinski definition) is 5. The van der Waals surface area contributed by atoms with Crippen LogP contribution < -0.4 is 5.32 Å².